The molecular weight excluding hydrogens is 1810 g/mol. The maximum Gasteiger partial charge on any atom is 0.143 e. The van der Waals surface area contributed by atoms with Gasteiger partial charge < -0.3 is 13.3 Å². The molecule has 3 nitrogen and oxygen atoms in total. The molecule has 4 heterocycles. The lowest BCUT2D eigenvalue weighted by molar-refractivity contribution is 0.669. The van der Waals surface area contributed by atoms with Crippen molar-refractivity contribution in [2.45, 2.75) is 0 Å². The highest BCUT2D eigenvalue weighted by atomic mass is 32.1. The molecule has 0 radical (unpaired) electrons. The van der Waals surface area contributed by atoms with Crippen LogP contribution in [0.5, 0.6) is 0 Å². The molecule has 4 heteroatoms. The molecule has 4 aromatic heterocycles. The molecule has 0 atom stereocenters. The molecule has 0 spiro atoms. The number of hydrogen-bond acceptors (Lipinski definition) is 4. The van der Waals surface area contributed by atoms with Gasteiger partial charge in [0.25, 0.3) is 0 Å². The fraction of sp³-hybridized carbons (Fsp3) is 0. The van der Waals surface area contributed by atoms with Gasteiger partial charge in [0.1, 0.15) is 33.5 Å². The van der Waals surface area contributed by atoms with Crippen LogP contribution in [0.4, 0.5) is 0 Å². The third-order valence-corrected chi connectivity index (χ3v) is 32.3. The quantitative estimate of drug-likeness (QED) is 0.107. The van der Waals surface area contributed by atoms with Gasteiger partial charge in [-0.05, 0) is 280 Å². The van der Waals surface area contributed by atoms with Crippen molar-refractivity contribution in [2.75, 3.05) is 0 Å². The van der Waals surface area contributed by atoms with Gasteiger partial charge in [-0.2, -0.15) is 0 Å². The highest BCUT2D eigenvalue weighted by Gasteiger charge is 2.30. The highest BCUT2D eigenvalue weighted by molar-refractivity contribution is 7.26. The summed E-state index contributed by atoms with van der Waals surface area (Å²) in [5.74, 6) is 0. The van der Waals surface area contributed by atoms with Gasteiger partial charge in [-0.1, -0.05) is 449 Å². The molecule has 0 aliphatic carbocycles. The van der Waals surface area contributed by atoms with Gasteiger partial charge in [-0.15, -0.1) is 11.3 Å². The molecule has 0 unspecified atom stereocenters. The predicted octanol–water partition coefficient (Wildman–Crippen LogP) is 42.0. The number of benzene rings is 28. The van der Waals surface area contributed by atoms with Gasteiger partial charge in [0.2, 0.25) is 0 Å². The topological polar surface area (TPSA) is 39.4 Å². The summed E-state index contributed by atoms with van der Waals surface area (Å²) >= 11 is 1.86. The molecular formula is C144H86O3S. The Balaban J connectivity index is 0.000000103. The molecule has 32 rings (SSSR count). The Morgan fingerprint density at radius 2 is 0.385 bits per heavy atom. The van der Waals surface area contributed by atoms with Crippen molar-refractivity contribution in [2.24, 2.45) is 0 Å². The Bertz CT molecular complexity index is 11000. The van der Waals surface area contributed by atoms with E-state index in [1.165, 1.54) is 227 Å². The summed E-state index contributed by atoms with van der Waals surface area (Å²) in [5.41, 5.74) is 27.1. The van der Waals surface area contributed by atoms with E-state index in [-0.39, 0.29) is 0 Å². The van der Waals surface area contributed by atoms with Crippen molar-refractivity contribution >= 4 is 227 Å². The molecule has 0 saturated carbocycles. The van der Waals surface area contributed by atoms with Gasteiger partial charge in [-0.3, -0.25) is 0 Å². The molecule has 686 valence electrons. The molecule has 0 saturated heterocycles. The Hall–Kier alpha value is -19.1. The zero-order valence-electron chi connectivity index (χ0n) is 80.3. The number of furan rings is 3. The smallest absolute Gasteiger partial charge is 0.143 e. The van der Waals surface area contributed by atoms with Crippen LogP contribution >= 0.6 is 11.3 Å². The summed E-state index contributed by atoms with van der Waals surface area (Å²) in [5, 5.41) is 39.2. The average molecular weight is 1900 g/mol. The molecule has 32 aromatic rings. The fourth-order valence-electron chi connectivity index (χ4n) is 24.6. The van der Waals surface area contributed by atoms with E-state index in [0.29, 0.717) is 0 Å². The Morgan fingerprint density at radius 3 is 0.764 bits per heavy atom. The molecule has 0 aliphatic rings. The van der Waals surface area contributed by atoms with Crippen molar-refractivity contribution in [3.05, 3.63) is 522 Å². The van der Waals surface area contributed by atoms with Gasteiger partial charge in [0.05, 0.1) is 0 Å². The van der Waals surface area contributed by atoms with Crippen LogP contribution < -0.4 is 0 Å². The summed E-state index contributed by atoms with van der Waals surface area (Å²) in [6.45, 7) is 0. The highest BCUT2D eigenvalue weighted by Crippen LogP contribution is 2.56. The summed E-state index contributed by atoms with van der Waals surface area (Å²) < 4.78 is 23.2. The van der Waals surface area contributed by atoms with E-state index in [2.05, 4.69) is 522 Å². The maximum atomic E-state index is 6.92. The van der Waals surface area contributed by atoms with E-state index in [9.17, 15) is 0 Å². The first kappa shape index (κ1) is 84.6. The number of hydrogen-bond donors (Lipinski definition) is 0. The van der Waals surface area contributed by atoms with E-state index in [0.717, 1.165) is 88.1 Å². The number of rotatable bonds is 9. The normalized spacial score (nSPS) is 11.9. The first-order valence-electron chi connectivity index (χ1n) is 50.9. The zero-order valence-corrected chi connectivity index (χ0v) is 81.1. The first-order valence-corrected chi connectivity index (χ1v) is 51.7. The van der Waals surface area contributed by atoms with Gasteiger partial charge in [-0.25, -0.2) is 0 Å². The minimum Gasteiger partial charge on any atom is -0.455 e. The van der Waals surface area contributed by atoms with Gasteiger partial charge in [0.15, 0.2) is 0 Å². The molecule has 0 fully saturated rings. The van der Waals surface area contributed by atoms with Crippen molar-refractivity contribution in [3.63, 3.8) is 0 Å². The lowest BCUT2D eigenvalue weighted by Gasteiger charge is -2.19. The van der Waals surface area contributed by atoms with Gasteiger partial charge >= 0.3 is 0 Å². The third kappa shape index (κ3) is 13.5. The van der Waals surface area contributed by atoms with Crippen LogP contribution in [0.3, 0.4) is 0 Å². The Labute approximate surface area is 855 Å². The monoisotopic (exact) mass is 1890 g/mol. The minimum atomic E-state index is 0.896. The third-order valence-electron chi connectivity index (χ3n) is 31.1. The second-order valence-corrected chi connectivity index (χ2v) is 40.2. The van der Waals surface area contributed by atoms with Crippen LogP contribution in [-0.4, -0.2) is 0 Å². The average Bonchev–Trinajstić information content (AvgIpc) is 1.30. The lowest BCUT2D eigenvalue weighted by atomic mass is 9.83. The Kier molecular flexibility index (Phi) is 19.6. The summed E-state index contributed by atoms with van der Waals surface area (Å²) in [7, 11) is 0. The van der Waals surface area contributed by atoms with Crippen LogP contribution in [-0.2, 0) is 0 Å². The van der Waals surface area contributed by atoms with Crippen LogP contribution in [0.1, 0.15) is 0 Å². The molecule has 28 aromatic carbocycles. The molecule has 0 bridgehead atoms. The van der Waals surface area contributed by atoms with Crippen molar-refractivity contribution in [1.29, 1.82) is 0 Å². The van der Waals surface area contributed by atoms with Crippen LogP contribution in [0.25, 0.3) is 315 Å². The van der Waals surface area contributed by atoms with E-state index < -0.39 is 0 Å². The summed E-state index contributed by atoms with van der Waals surface area (Å²) in [6.07, 6.45) is 0. The van der Waals surface area contributed by atoms with Crippen molar-refractivity contribution < 1.29 is 13.3 Å². The van der Waals surface area contributed by atoms with Gasteiger partial charge in [0, 0.05) is 74.7 Å². The largest absolute Gasteiger partial charge is 0.455 e. The molecule has 0 aliphatic heterocycles. The number of fused-ring (bicyclic) bond motifs is 25. The van der Waals surface area contributed by atoms with Crippen molar-refractivity contribution in [3.8, 4) is 100 Å². The molecule has 0 amide bonds. The van der Waals surface area contributed by atoms with E-state index in [1.54, 1.807) is 0 Å². The standard InChI is InChI=1S/C50H30O.C48H28OS.C46H28O/c1-2-14-32-29-34(26-25-31(32)13-1)47-38-19-7-9-21-40(38)48(41-22-10-8-20-39(41)47)44-28-27-42(50-49(44)43-23-11-12-24-46(43)51-50)45-30-33-15-3-4-16-35(33)36-17-5-6-18-37(36)45;1-2-13-30-28-31(25-24-29(30)12-1)44-33-15-3-5-17-35(33)45(36-18-6-4-16-34(36)44)41-27-26-37(47-46(41)40-19-7-9-22-42(40)49-47)39-21-11-20-38-32-14-8-10-23-43(32)50-48(38)39;1-3-13-31-27-33(23-21-29(31)11-1)35-25-26-41(45-40-19-9-10-20-42(40)47-46(35)45)44-38-17-7-5-15-36(38)43(37-16-6-8-18-39(37)44)34-24-22-30-12-2-4-14-32(30)28-34/h1-30H;1-28H;1-28H. The molecule has 148 heavy (non-hydrogen) atoms. The van der Waals surface area contributed by atoms with Crippen LogP contribution in [0.2, 0.25) is 0 Å². The van der Waals surface area contributed by atoms with E-state index in [4.69, 9.17) is 13.3 Å². The summed E-state index contributed by atoms with van der Waals surface area (Å²) in [4.78, 5) is 0. The second-order valence-electron chi connectivity index (χ2n) is 39.1. The maximum absolute atomic E-state index is 6.92. The SMILES string of the molecule is c1ccc2cc(-c3c4ccccc4c(-c4ccc(-c5cc6ccccc6c6ccccc56)c5oc6ccccc6c45)c4ccccc34)ccc2c1.c1ccc2cc(-c3c4ccccc4c(-c4ccc(-c5ccc6ccccc6c5)c5oc6ccccc6c45)c4ccccc34)ccc2c1.c1ccc2cc(-c3c4ccccc4c(-c4ccc(-c5cccc6c5sc5ccccc56)c5oc6ccccc6c45)c4ccccc34)ccc2c1. The Morgan fingerprint density at radius 1 is 0.128 bits per heavy atom. The minimum absolute atomic E-state index is 0.896. The fourth-order valence-corrected chi connectivity index (χ4v) is 25.8. The van der Waals surface area contributed by atoms with Crippen LogP contribution in [0, 0.1) is 0 Å². The first-order chi connectivity index (χ1) is 73.4. The van der Waals surface area contributed by atoms with Crippen molar-refractivity contribution in [1.82, 2.24) is 0 Å². The number of thiophene rings is 1. The number of para-hydroxylation sites is 3. The lowest BCUT2D eigenvalue weighted by Crippen LogP contribution is -1.92. The zero-order chi connectivity index (χ0) is 97.1. The van der Waals surface area contributed by atoms with E-state index >= 15 is 0 Å². The second kappa shape index (κ2) is 34.3. The van der Waals surface area contributed by atoms with Crippen LogP contribution in [0.15, 0.2) is 535 Å². The summed E-state index contributed by atoms with van der Waals surface area (Å²) in [6, 6.07) is 190. The predicted molar refractivity (Wildman–Crippen MR) is 633 cm³/mol. The van der Waals surface area contributed by atoms with E-state index in [1.807, 2.05) is 11.3 Å². The molecule has 0 N–H and O–H groups in total.